The van der Waals surface area contributed by atoms with E-state index in [4.69, 9.17) is 4.74 Å². The first-order chi connectivity index (χ1) is 20.0. The predicted octanol–water partition coefficient (Wildman–Crippen LogP) is 7.30. The fourth-order valence-electron chi connectivity index (χ4n) is 3.87. The van der Waals surface area contributed by atoms with Crippen molar-refractivity contribution in [1.29, 1.82) is 0 Å². The largest absolute Gasteiger partial charge is 0.507 e. The first-order valence-electron chi connectivity index (χ1n) is 12.6. The smallest absolute Gasteiger partial charge is 0.419 e. The van der Waals surface area contributed by atoms with Gasteiger partial charge in [0.15, 0.2) is 0 Å². The highest BCUT2D eigenvalue weighted by Gasteiger charge is 2.36. The van der Waals surface area contributed by atoms with Gasteiger partial charge < -0.3 is 15.2 Å². The number of rotatable bonds is 7. The lowest BCUT2D eigenvalue weighted by Crippen LogP contribution is -2.31. The van der Waals surface area contributed by atoms with Gasteiger partial charge in [0.05, 0.1) is 10.5 Å². The molecule has 0 radical (unpaired) electrons. The molecule has 2 aromatic carbocycles. The minimum Gasteiger partial charge on any atom is -0.507 e. The Bertz CT molecular complexity index is 1640. The normalized spacial score (nSPS) is 14.9. The molecule has 1 aliphatic heterocycles. The van der Waals surface area contributed by atoms with Crippen molar-refractivity contribution < 1.29 is 46.6 Å². The zero-order chi connectivity index (χ0) is 31.7. The number of carbonyl (C=O) groups excluding carboxylic acids is 4. The van der Waals surface area contributed by atoms with Gasteiger partial charge in [0, 0.05) is 23.5 Å². The summed E-state index contributed by atoms with van der Waals surface area (Å²) in [5.41, 5.74) is -1.65. The summed E-state index contributed by atoms with van der Waals surface area (Å²) in [6.45, 7) is 4.75. The Hall–Kier alpha value is -4.17. The van der Waals surface area contributed by atoms with Gasteiger partial charge in [0.25, 0.3) is 11.1 Å². The van der Waals surface area contributed by atoms with Crippen LogP contribution in [0.5, 0.6) is 5.75 Å². The fourth-order valence-corrected chi connectivity index (χ4v) is 5.65. The van der Waals surface area contributed by atoms with Crippen LogP contribution in [0, 0.1) is 5.82 Å². The molecule has 0 aliphatic carbocycles. The molecule has 0 bridgehead atoms. The van der Waals surface area contributed by atoms with Gasteiger partial charge in [-0.15, -0.1) is 11.3 Å². The van der Waals surface area contributed by atoms with Crippen molar-refractivity contribution >= 4 is 57.9 Å². The standard InChI is InChI=1S/C29H24F4N2O6S2/c1-28(2,3)41-26(39)19-12-17(5-7-22(19)36)34-24(37)8-9-35-25(38)23(43-27(35)40)13-18-10-16(14-42-18)15-4-6-21(30)20(11-15)29(31,32)33/h4-7,10-14,36H,8-9H2,1-3H3,(H,34,37)/b23-13-. The number of aromatic hydroxyl groups is 1. The number of alkyl halides is 3. The molecule has 3 aromatic rings. The lowest BCUT2D eigenvalue weighted by atomic mass is 10.0. The molecule has 4 rings (SSSR count). The molecule has 0 saturated carbocycles. The van der Waals surface area contributed by atoms with Crippen LogP contribution in [-0.2, 0) is 20.5 Å². The second kappa shape index (κ2) is 12.2. The van der Waals surface area contributed by atoms with E-state index >= 15 is 0 Å². The minimum atomic E-state index is -4.86. The van der Waals surface area contributed by atoms with E-state index in [1.165, 1.54) is 36.4 Å². The summed E-state index contributed by atoms with van der Waals surface area (Å²) in [5.74, 6) is -3.71. The molecule has 8 nitrogen and oxygen atoms in total. The van der Waals surface area contributed by atoms with Gasteiger partial charge in [-0.1, -0.05) is 6.07 Å². The van der Waals surface area contributed by atoms with Crippen LogP contribution in [0.3, 0.4) is 0 Å². The van der Waals surface area contributed by atoms with Crippen molar-refractivity contribution in [2.45, 2.75) is 39.0 Å². The Morgan fingerprint density at radius 3 is 2.44 bits per heavy atom. The number of hydrogen-bond acceptors (Lipinski definition) is 8. The molecule has 226 valence electrons. The van der Waals surface area contributed by atoms with Gasteiger partial charge in [-0.3, -0.25) is 19.3 Å². The number of nitrogens with zero attached hydrogens (tertiary/aromatic N) is 1. The number of phenols is 1. The van der Waals surface area contributed by atoms with Crippen molar-refractivity contribution in [2.24, 2.45) is 0 Å². The van der Waals surface area contributed by atoms with Crippen LogP contribution in [0.2, 0.25) is 0 Å². The molecule has 3 amide bonds. The number of thiophene rings is 1. The summed E-state index contributed by atoms with van der Waals surface area (Å²) < 4.78 is 58.2. The SMILES string of the molecule is CC(C)(C)OC(=O)c1cc(NC(=O)CCN2C(=O)S/C(=C\c3cc(-c4ccc(F)c(C(F)(F)F)c4)cs3)C2=O)ccc1O. The zero-order valence-electron chi connectivity index (χ0n) is 22.9. The summed E-state index contributed by atoms with van der Waals surface area (Å²) in [6.07, 6.45) is -3.70. The van der Waals surface area contributed by atoms with Gasteiger partial charge in [-0.25, -0.2) is 9.18 Å². The third-order valence-corrected chi connectivity index (χ3v) is 7.62. The van der Waals surface area contributed by atoms with Gasteiger partial charge in [0.1, 0.15) is 22.7 Å². The maximum Gasteiger partial charge on any atom is 0.419 e. The summed E-state index contributed by atoms with van der Waals surface area (Å²) in [5, 5.41) is 13.5. The van der Waals surface area contributed by atoms with Gasteiger partial charge in [0.2, 0.25) is 5.91 Å². The number of carbonyl (C=O) groups is 4. The molecule has 1 saturated heterocycles. The number of imide groups is 1. The molecule has 2 N–H and O–H groups in total. The van der Waals surface area contributed by atoms with Crippen molar-refractivity contribution in [1.82, 2.24) is 4.90 Å². The molecule has 14 heteroatoms. The second-order valence-electron chi connectivity index (χ2n) is 10.3. The van der Waals surface area contributed by atoms with Crippen molar-refractivity contribution in [3.05, 3.63) is 74.6 Å². The Morgan fingerprint density at radius 2 is 1.77 bits per heavy atom. The first kappa shape index (κ1) is 31.8. The minimum absolute atomic E-state index is 0.0643. The summed E-state index contributed by atoms with van der Waals surface area (Å²) >= 11 is 1.77. The number of nitrogens with one attached hydrogen (secondary N) is 1. The third kappa shape index (κ3) is 7.82. The number of ether oxygens (including phenoxy) is 1. The van der Waals surface area contributed by atoms with E-state index in [1.54, 1.807) is 26.2 Å². The lowest BCUT2D eigenvalue weighted by Gasteiger charge is -2.20. The van der Waals surface area contributed by atoms with E-state index in [1.807, 2.05) is 0 Å². The molecule has 1 aliphatic rings. The van der Waals surface area contributed by atoms with Crippen LogP contribution < -0.4 is 5.32 Å². The van der Waals surface area contributed by atoms with Crippen LogP contribution in [-0.4, -0.2) is 45.2 Å². The van der Waals surface area contributed by atoms with Crippen LogP contribution in [0.1, 0.15) is 48.0 Å². The highest BCUT2D eigenvalue weighted by atomic mass is 32.2. The summed E-state index contributed by atoms with van der Waals surface area (Å²) in [7, 11) is 0. The Labute approximate surface area is 251 Å². The monoisotopic (exact) mass is 636 g/mol. The van der Waals surface area contributed by atoms with Crippen molar-refractivity contribution in [3.8, 4) is 16.9 Å². The molecular formula is C29H24F4N2O6S2. The second-order valence-corrected chi connectivity index (χ2v) is 12.2. The highest BCUT2D eigenvalue weighted by molar-refractivity contribution is 8.18. The molecule has 0 unspecified atom stereocenters. The number of benzene rings is 2. The molecule has 43 heavy (non-hydrogen) atoms. The van der Waals surface area contributed by atoms with E-state index < -0.39 is 46.2 Å². The number of hydrogen-bond donors (Lipinski definition) is 2. The Balaban J connectivity index is 1.39. The van der Waals surface area contributed by atoms with Crippen molar-refractivity contribution in [2.75, 3.05) is 11.9 Å². The number of esters is 1. The van der Waals surface area contributed by atoms with Gasteiger partial charge in [-0.05, 0) is 91.5 Å². The Morgan fingerprint density at radius 1 is 1.05 bits per heavy atom. The van der Waals surface area contributed by atoms with Crippen LogP contribution in [0.4, 0.5) is 28.0 Å². The fraction of sp³-hybridized carbons (Fsp3) is 0.241. The number of thioether (sulfide) groups is 1. The van der Waals surface area contributed by atoms with Gasteiger partial charge in [-0.2, -0.15) is 13.2 Å². The molecule has 0 spiro atoms. The number of halogens is 4. The van der Waals surface area contributed by atoms with E-state index in [2.05, 4.69) is 5.32 Å². The maximum atomic E-state index is 13.6. The topological polar surface area (TPSA) is 113 Å². The lowest BCUT2D eigenvalue weighted by molar-refractivity contribution is -0.140. The van der Waals surface area contributed by atoms with Crippen LogP contribution >= 0.6 is 23.1 Å². The summed E-state index contributed by atoms with van der Waals surface area (Å²) in [4.78, 5) is 51.7. The Kier molecular flexibility index (Phi) is 9.02. The number of phenolic OH excluding ortho intramolecular Hbond substituents is 1. The first-order valence-corrected chi connectivity index (χ1v) is 14.3. The van der Waals surface area contributed by atoms with Crippen molar-refractivity contribution in [3.63, 3.8) is 0 Å². The maximum absolute atomic E-state index is 13.6. The average molecular weight is 637 g/mol. The average Bonchev–Trinajstić information content (AvgIpc) is 3.46. The molecule has 1 aromatic heterocycles. The van der Waals surface area contributed by atoms with Gasteiger partial charge >= 0.3 is 12.1 Å². The molecule has 2 heterocycles. The molecular weight excluding hydrogens is 612 g/mol. The highest BCUT2D eigenvalue weighted by Crippen LogP contribution is 2.37. The predicted molar refractivity (Wildman–Crippen MR) is 154 cm³/mol. The van der Waals surface area contributed by atoms with Crippen LogP contribution in [0.25, 0.3) is 17.2 Å². The van der Waals surface area contributed by atoms with Crippen LogP contribution in [0.15, 0.2) is 52.7 Å². The van der Waals surface area contributed by atoms with E-state index in [-0.39, 0.29) is 40.4 Å². The zero-order valence-corrected chi connectivity index (χ0v) is 24.5. The molecule has 0 atom stereocenters. The third-order valence-electron chi connectivity index (χ3n) is 5.83. The van der Waals surface area contributed by atoms with E-state index in [0.717, 1.165) is 22.3 Å². The quantitative estimate of drug-likeness (QED) is 0.121. The molecule has 1 fully saturated rings. The van der Waals surface area contributed by atoms with E-state index in [0.29, 0.717) is 28.3 Å². The number of amides is 3. The number of anilines is 1. The summed E-state index contributed by atoms with van der Waals surface area (Å²) in [6, 6.07) is 8.01. The van der Waals surface area contributed by atoms with E-state index in [9.17, 15) is 41.8 Å².